The van der Waals surface area contributed by atoms with Crippen LogP contribution in [-0.4, -0.2) is 21.2 Å². The Morgan fingerprint density at radius 3 is 2.82 bits per heavy atom. The second-order valence-electron chi connectivity index (χ2n) is 5.52. The smallest absolute Gasteiger partial charge is 0.260 e. The third-order valence-electron chi connectivity index (χ3n) is 4.11. The molecule has 3 aromatic rings. The summed E-state index contributed by atoms with van der Waals surface area (Å²) in [5.74, 6) is 0.379. The van der Waals surface area contributed by atoms with Crippen LogP contribution in [0.2, 0.25) is 0 Å². The van der Waals surface area contributed by atoms with Crippen molar-refractivity contribution in [2.24, 2.45) is 0 Å². The summed E-state index contributed by atoms with van der Waals surface area (Å²) in [5, 5.41) is 14.0. The van der Waals surface area contributed by atoms with Crippen LogP contribution in [0.15, 0.2) is 53.3 Å². The highest BCUT2D eigenvalue weighted by Crippen LogP contribution is 2.33. The van der Waals surface area contributed by atoms with Crippen LogP contribution in [0.5, 0.6) is 0 Å². The van der Waals surface area contributed by atoms with Gasteiger partial charge in [-0.1, -0.05) is 36.4 Å². The Balaban J connectivity index is 1.74. The number of hydrogen-bond donors (Lipinski definition) is 3. The zero-order valence-electron chi connectivity index (χ0n) is 11.8. The van der Waals surface area contributed by atoms with Crippen LogP contribution >= 0.6 is 0 Å². The molecule has 1 aromatic heterocycles. The van der Waals surface area contributed by atoms with Crippen LogP contribution in [0.1, 0.15) is 17.2 Å². The fourth-order valence-electron chi connectivity index (χ4n) is 3.05. The molecule has 0 amide bonds. The second kappa shape index (κ2) is 4.96. The molecule has 0 radical (unpaired) electrons. The lowest BCUT2D eigenvalue weighted by Gasteiger charge is -2.18. The Kier molecular flexibility index (Phi) is 2.94. The summed E-state index contributed by atoms with van der Waals surface area (Å²) < 4.78 is 0. The molecule has 0 fully saturated rings. The quantitative estimate of drug-likeness (QED) is 0.675. The van der Waals surface area contributed by atoms with Gasteiger partial charge in [0.05, 0.1) is 23.0 Å². The number of rotatable bonds is 2. The van der Waals surface area contributed by atoms with Crippen LogP contribution < -0.4 is 10.9 Å². The number of para-hydroxylation sites is 1. The van der Waals surface area contributed by atoms with E-state index in [9.17, 15) is 9.90 Å². The Hall–Kier alpha value is -2.66. The van der Waals surface area contributed by atoms with Crippen molar-refractivity contribution in [3.8, 4) is 0 Å². The molecule has 0 aliphatic heterocycles. The van der Waals surface area contributed by atoms with E-state index in [-0.39, 0.29) is 11.6 Å². The number of H-pyrrole nitrogens is 1. The average Bonchev–Trinajstić information content (AvgIpc) is 2.84. The van der Waals surface area contributed by atoms with Crippen LogP contribution in [0.25, 0.3) is 10.9 Å². The lowest BCUT2D eigenvalue weighted by molar-refractivity contribution is 0.165. The molecule has 3 N–H and O–H groups in total. The molecule has 0 saturated heterocycles. The highest BCUT2D eigenvalue weighted by Gasteiger charge is 2.31. The first-order valence-corrected chi connectivity index (χ1v) is 7.24. The molecule has 1 heterocycles. The maximum atomic E-state index is 12.1. The number of nitrogens with one attached hydrogen (secondary N) is 2. The third kappa shape index (κ3) is 2.07. The SMILES string of the molecule is O=c1[nH]c(N[C@H]2c3ccccc3C[C@H]2O)nc2ccccc12. The summed E-state index contributed by atoms with van der Waals surface area (Å²) >= 11 is 0. The van der Waals surface area contributed by atoms with Crippen molar-refractivity contribution in [1.82, 2.24) is 9.97 Å². The maximum absolute atomic E-state index is 12.1. The largest absolute Gasteiger partial charge is 0.390 e. The van der Waals surface area contributed by atoms with Crippen LogP contribution in [0.3, 0.4) is 0 Å². The number of benzene rings is 2. The van der Waals surface area contributed by atoms with Crippen LogP contribution in [0, 0.1) is 0 Å². The minimum Gasteiger partial charge on any atom is -0.390 e. The normalized spacial score (nSPS) is 20.0. The Labute approximate surface area is 126 Å². The van der Waals surface area contributed by atoms with Crippen LogP contribution in [0.4, 0.5) is 5.95 Å². The number of aliphatic hydroxyl groups is 1. The molecular formula is C17H15N3O2. The number of fused-ring (bicyclic) bond motifs is 2. The predicted octanol–water partition coefficient (Wildman–Crippen LogP) is 1.99. The van der Waals surface area contributed by atoms with Crippen molar-refractivity contribution >= 4 is 16.9 Å². The highest BCUT2D eigenvalue weighted by atomic mass is 16.3. The van der Waals surface area contributed by atoms with E-state index in [1.807, 2.05) is 36.4 Å². The van der Waals surface area contributed by atoms with E-state index < -0.39 is 6.10 Å². The Morgan fingerprint density at radius 2 is 1.91 bits per heavy atom. The molecular weight excluding hydrogens is 278 g/mol. The van der Waals surface area contributed by atoms with Crippen molar-refractivity contribution in [3.63, 3.8) is 0 Å². The zero-order valence-corrected chi connectivity index (χ0v) is 11.8. The number of hydrogen-bond acceptors (Lipinski definition) is 4. The van der Waals surface area contributed by atoms with Gasteiger partial charge in [0.25, 0.3) is 5.56 Å². The highest BCUT2D eigenvalue weighted by molar-refractivity contribution is 5.78. The van der Waals surface area contributed by atoms with Gasteiger partial charge < -0.3 is 10.4 Å². The minimum absolute atomic E-state index is 0.186. The second-order valence-corrected chi connectivity index (χ2v) is 5.52. The molecule has 5 nitrogen and oxygen atoms in total. The number of aromatic nitrogens is 2. The molecule has 2 aromatic carbocycles. The van der Waals surface area contributed by atoms with Gasteiger partial charge in [-0.25, -0.2) is 4.98 Å². The predicted molar refractivity (Wildman–Crippen MR) is 84.9 cm³/mol. The summed E-state index contributed by atoms with van der Waals surface area (Å²) in [4.78, 5) is 19.3. The summed E-state index contributed by atoms with van der Waals surface area (Å²) in [5.41, 5.74) is 2.62. The van der Waals surface area contributed by atoms with E-state index in [4.69, 9.17) is 0 Å². The van der Waals surface area contributed by atoms with Gasteiger partial charge in [0.2, 0.25) is 5.95 Å². The summed E-state index contributed by atoms with van der Waals surface area (Å²) in [6, 6.07) is 14.8. The molecule has 2 atom stereocenters. The van der Waals surface area contributed by atoms with Gasteiger partial charge in [-0.3, -0.25) is 9.78 Å². The van der Waals surface area contributed by atoms with Gasteiger partial charge in [0.1, 0.15) is 0 Å². The zero-order chi connectivity index (χ0) is 15.1. The number of aliphatic hydroxyl groups excluding tert-OH is 1. The minimum atomic E-state index is -0.533. The molecule has 0 unspecified atom stereocenters. The molecule has 0 bridgehead atoms. The van der Waals surface area contributed by atoms with Gasteiger partial charge in [-0.15, -0.1) is 0 Å². The molecule has 1 aliphatic rings. The lowest BCUT2D eigenvalue weighted by Crippen LogP contribution is -2.24. The van der Waals surface area contributed by atoms with E-state index in [2.05, 4.69) is 15.3 Å². The van der Waals surface area contributed by atoms with Gasteiger partial charge in [0, 0.05) is 6.42 Å². The first-order valence-electron chi connectivity index (χ1n) is 7.24. The van der Waals surface area contributed by atoms with Gasteiger partial charge >= 0.3 is 0 Å². The van der Waals surface area contributed by atoms with Gasteiger partial charge in [-0.05, 0) is 23.3 Å². The molecule has 22 heavy (non-hydrogen) atoms. The average molecular weight is 293 g/mol. The number of aromatic amines is 1. The number of anilines is 1. The topological polar surface area (TPSA) is 78.0 Å². The van der Waals surface area contributed by atoms with Crippen molar-refractivity contribution < 1.29 is 5.11 Å². The fraction of sp³-hybridized carbons (Fsp3) is 0.176. The van der Waals surface area contributed by atoms with Crippen molar-refractivity contribution in [3.05, 3.63) is 70.0 Å². The summed E-state index contributed by atoms with van der Waals surface area (Å²) in [6.45, 7) is 0. The maximum Gasteiger partial charge on any atom is 0.260 e. The van der Waals surface area contributed by atoms with E-state index >= 15 is 0 Å². The van der Waals surface area contributed by atoms with Crippen molar-refractivity contribution in [2.75, 3.05) is 5.32 Å². The fourth-order valence-corrected chi connectivity index (χ4v) is 3.05. The lowest BCUT2D eigenvalue weighted by atomic mass is 10.1. The van der Waals surface area contributed by atoms with E-state index in [0.717, 1.165) is 11.1 Å². The molecule has 1 aliphatic carbocycles. The van der Waals surface area contributed by atoms with E-state index in [1.54, 1.807) is 12.1 Å². The Bertz CT molecular complexity index is 904. The molecule has 0 saturated carbocycles. The summed E-state index contributed by atoms with van der Waals surface area (Å²) in [7, 11) is 0. The van der Waals surface area contributed by atoms with Crippen LogP contribution in [-0.2, 0) is 6.42 Å². The van der Waals surface area contributed by atoms with Crippen molar-refractivity contribution in [2.45, 2.75) is 18.6 Å². The van der Waals surface area contributed by atoms with Crippen molar-refractivity contribution in [1.29, 1.82) is 0 Å². The third-order valence-corrected chi connectivity index (χ3v) is 4.11. The summed E-state index contributed by atoms with van der Waals surface area (Å²) in [6.07, 6.45) is 0.0697. The first kappa shape index (κ1) is 13.0. The molecule has 4 rings (SSSR count). The monoisotopic (exact) mass is 293 g/mol. The number of nitrogens with zero attached hydrogens (tertiary/aromatic N) is 1. The standard InChI is InChI=1S/C17H15N3O2/c21-14-9-10-5-1-2-6-11(10)15(14)19-17-18-13-8-4-3-7-12(13)16(22)20-17/h1-8,14-15,21H,9H2,(H2,18,19,20,22)/t14-,15+/m1/s1. The first-order chi connectivity index (χ1) is 10.7. The molecule has 5 heteroatoms. The van der Waals surface area contributed by atoms with E-state index in [0.29, 0.717) is 23.3 Å². The van der Waals surface area contributed by atoms with E-state index in [1.165, 1.54) is 0 Å². The van der Waals surface area contributed by atoms with Gasteiger partial charge in [0.15, 0.2) is 0 Å². The van der Waals surface area contributed by atoms with Gasteiger partial charge in [-0.2, -0.15) is 0 Å². The molecule has 0 spiro atoms. The molecule has 110 valence electrons. The Morgan fingerprint density at radius 1 is 1.14 bits per heavy atom.